The molecule has 0 saturated heterocycles. The minimum absolute atomic E-state index is 0.118. The summed E-state index contributed by atoms with van der Waals surface area (Å²) in [4.78, 5) is 25.0. The predicted octanol–water partition coefficient (Wildman–Crippen LogP) is 5.51. The van der Waals surface area contributed by atoms with Crippen molar-refractivity contribution < 1.29 is 14.7 Å². The molecule has 27 heavy (non-hydrogen) atoms. The van der Waals surface area contributed by atoms with E-state index < -0.39 is 5.97 Å². The Balaban J connectivity index is 1.55. The van der Waals surface area contributed by atoms with Crippen LogP contribution in [0.5, 0.6) is 0 Å². The Labute approximate surface area is 165 Å². The third-order valence-electron chi connectivity index (χ3n) is 4.72. The Bertz CT molecular complexity index is 998. The van der Waals surface area contributed by atoms with Crippen LogP contribution in [0.15, 0.2) is 60.0 Å². The fraction of sp³-hybridized carbons (Fsp3) is 0.143. The Morgan fingerprint density at radius 2 is 1.78 bits per heavy atom. The molecule has 1 amide bonds. The quantitative estimate of drug-likeness (QED) is 0.596. The Morgan fingerprint density at radius 3 is 2.44 bits per heavy atom. The number of halogens is 1. The van der Waals surface area contributed by atoms with Crippen LogP contribution in [0.3, 0.4) is 0 Å². The van der Waals surface area contributed by atoms with Crippen molar-refractivity contribution in [2.45, 2.75) is 12.3 Å². The molecule has 1 aliphatic carbocycles. The van der Waals surface area contributed by atoms with E-state index in [4.69, 9.17) is 11.6 Å². The highest BCUT2D eigenvalue weighted by Gasteiger charge is 2.44. The molecule has 4 rings (SSSR count). The molecule has 0 spiro atoms. The lowest BCUT2D eigenvalue weighted by Gasteiger charge is -2.06. The van der Waals surface area contributed by atoms with Gasteiger partial charge in [-0.05, 0) is 35.6 Å². The first-order valence-corrected chi connectivity index (χ1v) is 9.77. The van der Waals surface area contributed by atoms with Gasteiger partial charge in [-0.15, -0.1) is 11.3 Å². The van der Waals surface area contributed by atoms with Crippen LogP contribution >= 0.6 is 22.9 Å². The van der Waals surface area contributed by atoms with E-state index in [9.17, 15) is 14.7 Å². The summed E-state index contributed by atoms with van der Waals surface area (Å²) in [6.45, 7) is 0. The summed E-state index contributed by atoms with van der Waals surface area (Å²) < 4.78 is 0. The molecule has 1 aliphatic rings. The maximum atomic E-state index is 12.6. The molecular formula is C21H16ClNO3S. The molecule has 136 valence electrons. The van der Waals surface area contributed by atoms with Gasteiger partial charge in [0.2, 0.25) is 5.91 Å². The van der Waals surface area contributed by atoms with Crippen molar-refractivity contribution in [2.75, 3.05) is 5.32 Å². The number of aromatic carboxylic acids is 1. The summed E-state index contributed by atoms with van der Waals surface area (Å²) in [5.41, 5.74) is 2.37. The van der Waals surface area contributed by atoms with Gasteiger partial charge in [0.1, 0.15) is 5.56 Å². The average molecular weight is 398 g/mol. The van der Waals surface area contributed by atoms with E-state index >= 15 is 0 Å². The van der Waals surface area contributed by atoms with E-state index in [1.54, 1.807) is 29.6 Å². The number of nitrogens with one attached hydrogen (secondary N) is 1. The molecule has 0 bridgehead atoms. The molecule has 3 aromatic rings. The molecule has 0 radical (unpaired) electrons. The van der Waals surface area contributed by atoms with Gasteiger partial charge in [-0.1, -0.05) is 54.1 Å². The van der Waals surface area contributed by atoms with Crippen LogP contribution < -0.4 is 5.32 Å². The summed E-state index contributed by atoms with van der Waals surface area (Å²) >= 11 is 7.21. The van der Waals surface area contributed by atoms with Gasteiger partial charge in [-0.2, -0.15) is 0 Å². The van der Waals surface area contributed by atoms with Crippen LogP contribution in [0, 0.1) is 5.92 Å². The van der Waals surface area contributed by atoms with Gasteiger partial charge in [-0.3, -0.25) is 4.79 Å². The normalized spacial score (nSPS) is 18.1. The van der Waals surface area contributed by atoms with Crippen molar-refractivity contribution in [1.29, 1.82) is 0 Å². The Morgan fingerprint density at radius 1 is 1.07 bits per heavy atom. The Kier molecular flexibility index (Phi) is 4.72. The van der Waals surface area contributed by atoms with Crippen molar-refractivity contribution in [1.82, 2.24) is 0 Å². The van der Waals surface area contributed by atoms with Gasteiger partial charge < -0.3 is 10.4 Å². The number of carboxylic acids is 1. The van der Waals surface area contributed by atoms with Crippen molar-refractivity contribution in [3.63, 3.8) is 0 Å². The summed E-state index contributed by atoms with van der Waals surface area (Å²) in [5.74, 6) is -1.11. The summed E-state index contributed by atoms with van der Waals surface area (Å²) in [7, 11) is 0. The smallest absolute Gasteiger partial charge is 0.339 e. The topological polar surface area (TPSA) is 66.4 Å². The number of anilines is 1. The summed E-state index contributed by atoms with van der Waals surface area (Å²) in [5, 5.41) is 14.8. The van der Waals surface area contributed by atoms with E-state index in [0.717, 1.165) is 17.5 Å². The molecule has 1 heterocycles. The third kappa shape index (κ3) is 3.61. The molecule has 1 fully saturated rings. The number of amides is 1. The fourth-order valence-electron chi connectivity index (χ4n) is 3.25. The molecule has 2 N–H and O–H groups in total. The van der Waals surface area contributed by atoms with Crippen molar-refractivity contribution in [2.24, 2.45) is 5.92 Å². The van der Waals surface area contributed by atoms with E-state index in [1.807, 2.05) is 30.3 Å². The van der Waals surface area contributed by atoms with E-state index in [1.165, 1.54) is 11.3 Å². The highest BCUT2D eigenvalue weighted by molar-refractivity contribution is 7.14. The van der Waals surface area contributed by atoms with E-state index in [0.29, 0.717) is 15.6 Å². The maximum Gasteiger partial charge on any atom is 0.339 e. The first-order chi connectivity index (χ1) is 13.0. The third-order valence-corrected chi connectivity index (χ3v) is 6.01. The lowest BCUT2D eigenvalue weighted by atomic mass is 10.1. The lowest BCUT2D eigenvalue weighted by molar-refractivity contribution is -0.117. The first-order valence-electron chi connectivity index (χ1n) is 8.51. The van der Waals surface area contributed by atoms with Crippen LogP contribution in [-0.2, 0) is 4.79 Å². The van der Waals surface area contributed by atoms with Gasteiger partial charge in [-0.25, -0.2) is 4.79 Å². The number of carbonyl (C=O) groups excluding carboxylic acids is 1. The molecular weight excluding hydrogens is 382 g/mol. The zero-order chi connectivity index (χ0) is 19.0. The maximum absolute atomic E-state index is 12.6. The molecule has 2 unspecified atom stereocenters. The highest BCUT2D eigenvalue weighted by Crippen LogP contribution is 2.48. The largest absolute Gasteiger partial charge is 0.478 e. The van der Waals surface area contributed by atoms with Gasteiger partial charge in [0.15, 0.2) is 0 Å². The van der Waals surface area contributed by atoms with Gasteiger partial charge in [0.25, 0.3) is 0 Å². The molecule has 4 nitrogen and oxygen atoms in total. The minimum atomic E-state index is -1.06. The zero-order valence-electron chi connectivity index (χ0n) is 14.2. The van der Waals surface area contributed by atoms with Crippen LogP contribution in [0.4, 0.5) is 5.69 Å². The summed E-state index contributed by atoms with van der Waals surface area (Å²) in [6, 6.07) is 16.9. The van der Waals surface area contributed by atoms with Crippen molar-refractivity contribution in [3.05, 3.63) is 76.1 Å². The number of rotatable bonds is 5. The van der Waals surface area contributed by atoms with Crippen LogP contribution in [0.2, 0.25) is 5.02 Å². The predicted molar refractivity (Wildman–Crippen MR) is 108 cm³/mol. The molecule has 1 aromatic heterocycles. The average Bonchev–Trinajstić information content (AvgIpc) is 3.37. The lowest BCUT2D eigenvalue weighted by Crippen LogP contribution is -2.16. The Hall–Kier alpha value is -2.63. The highest BCUT2D eigenvalue weighted by atomic mass is 35.5. The molecule has 0 aliphatic heterocycles. The van der Waals surface area contributed by atoms with Crippen molar-refractivity contribution >= 4 is 40.5 Å². The second kappa shape index (κ2) is 7.18. The second-order valence-corrected chi connectivity index (χ2v) is 7.83. The van der Waals surface area contributed by atoms with E-state index in [2.05, 4.69) is 5.32 Å². The fourth-order valence-corrected chi connectivity index (χ4v) is 4.38. The number of carbonyl (C=O) groups is 2. The summed E-state index contributed by atoms with van der Waals surface area (Å²) in [6.07, 6.45) is 0.784. The van der Waals surface area contributed by atoms with Crippen molar-refractivity contribution in [3.8, 4) is 10.4 Å². The second-order valence-electron chi connectivity index (χ2n) is 6.51. The molecule has 2 aromatic carbocycles. The van der Waals surface area contributed by atoms with Gasteiger partial charge in [0.05, 0.1) is 10.6 Å². The number of hydrogen-bond acceptors (Lipinski definition) is 3. The molecule has 1 saturated carbocycles. The monoisotopic (exact) mass is 397 g/mol. The molecule has 6 heteroatoms. The first kappa shape index (κ1) is 17.8. The zero-order valence-corrected chi connectivity index (χ0v) is 15.8. The van der Waals surface area contributed by atoms with Crippen LogP contribution in [0.1, 0.15) is 28.3 Å². The SMILES string of the molecule is O=C(O)c1c(NC(=O)C2CC2c2ccccc2)csc1-c1ccc(Cl)cc1. The molecule has 2 atom stereocenters. The number of carboxylic acid groups (broad SMARTS) is 1. The minimum Gasteiger partial charge on any atom is -0.478 e. The number of benzene rings is 2. The van der Waals surface area contributed by atoms with Crippen LogP contribution in [-0.4, -0.2) is 17.0 Å². The number of thiophene rings is 1. The van der Waals surface area contributed by atoms with Gasteiger partial charge in [0, 0.05) is 16.3 Å². The standard InChI is InChI=1S/C21H16ClNO3S/c22-14-8-6-13(7-9-14)19-18(21(25)26)17(11-27-19)23-20(24)16-10-15(16)12-4-2-1-3-5-12/h1-9,11,15-16H,10H2,(H,23,24)(H,25,26). The van der Waals surface area contributed by atoms with Crippen LogP contribution in [0.25, 0.3) is 10.4 Å². The van der Waals surface area contributed by atoms with E-state index in [-0.39, 0.29) is 23.3 Å². The van der Waals surface area contributed by atoms with Gasteiger partial charge >= 0.3 is 5.97 Å². The number of hydrogen-bond donors (Lipinski definition) is 2.